The van der Waals surface area contributed by atoms with E-state index in [1.807, 2.05) is 60.7 Å². The first-order valence-corrected chi connectivity index (χ1v) is 12.7. The maximum atomic E-state index is 13.5. The molecule has 2 aliphatic rings. The van der Waals surface area contributed by atoms with Gasteiger partial charge in [0.15, 0.2) is 0 Å². The third-order valence-corrected chi connectivity index (χ3v) is 6.34. The van der Waals surface area contributed by atoms with Crippen LogP contribution in [-0.4, -0.2) is 47.0 Å². The van der Waals surface area contributed by atoms with E-state index in [2.05, 4.69) is 10.6 Å². The standard InChI is InChI=1S/C30H30N2O7/c1-19(16-26(33)34)31-27(35)24(17-20-10-4-2-5-11-20)32-25(18-21-12-6-3-7-13-21)29(37)39-30-23-15-9-8-14-22(23)28(36)38-30/h2-15,19,22,24-25,32H,16-18H2,1H3,(H,31,35)(H,33,34)/t19-,22?,24+,25?/m1/s1. The van der Waals surface area contributed by atoms with Gasteiger partial charge in [0, 0.05) is 6.04 Å². The fourth-order valence-electron chi connectivity index (χ4n) is 4.43. The third-order valence-electron chi connectivity index (χ3n) is 6.34. The van der Waals surface area contributed by atoms with Crippen LogP contribution in [0.15, 0.2) is 96.5 Å². The molecule has 1 amide bonds. The second kappa shape index (κ2) is 12.8. The van der Waals surface area contributed by atoms with E-state index in [9.17, 15) is 19.2 Å². The van der Waals surface area contributed by atoms with Gasteiger partial charge in [0.05, 0.1) is 18.0 Å². The van der Waals surface area contributed by atoms with E-state index in [0.717, 1.165) is 11.1 Å². The molecule has 9 nitrogen and oxygen atoms in total. The zero-order chi connectivity index (χ0) is 27.8. The van der Waals surface area contributed by atoms with Crippen LogP contribution in [0.4, 0.5) is 0 Å². The predicted octanol–water partition coefficient (Wildman–Crippen LogP) is 2.83. The Kier molecular flexibility index (Phi) is 9.06. The highest BCUT2D eigenvalue weighted by atomic mass is 16.7. The molecule has 2 unspecified atom stereocenters. The highest BCUT2D eigenvalue weighted by Gasteiger charge is 2.38. The minimum Gasteiger partial charge on any atom is -0.481 e. The summed E-state index contributed by atoms with van der Waals surface area (Å²) in [6, 6.07) is 16.0. The zero-order valence-electron chi connectivity index (χ0n) is 21.4. The predicted molar refractivity (Wildman–Crippen MR) is 142 cm³/mol. The van der Waals surface area contributed by atoms with Crippen molar-refractivity contribution in [1.29, 1.82) is 0 Å². The Balaban J connectivity index is 1.58. The van der Waals surface area contributed by atoms with Gasteiger partial charge in [-0.25, -0.2) is 4.79 Å². The molecule has 0 saturated heterocycles. The van der Waals surface area contributed by atoms with Crippen molar-refractivity contribution in [2.45, 2.75) is 44.3 Å². The van der Waals surface area contributed by atoms with Crippen LogP contribution in [0, 0.1) is 5.92 Å². The summed E-state index contributed by atoms with van der Waals surface area (Å²) in [4.78, 5) is 50.2. The van der Waals surface area contributed by atoms with Crippen molar-refractivity contribution in [2.75, 3.05) is 0 Å². The molecule has 0 radical (unpaired) electrons. The van der Waals surface area contributed by atoms with Gasteiger partial charge < -0.3 is 19.9 Å². The molecular weight excluding hydrogens is 500 g/mol. The first-order chi connectivity index (χ1) is 18.8. The van der Waals surface area contributed by atoms with Crippen LogP contribution in [0.1, 0.15) is 24.5 Å². The molecule has 3 N–H and O–H groups in total. The molecule has 0 aromatic heterocycles. The van der Waals surface area contributed by atoms with Gasteiger partial charge in [-0.1, -0.05) is 85.0 Å². The molecule has 4 rings (SSSR count). The van der Waals surface area contributed by atoms with E-state index in [0.29, 0.717) is 5.57 Å². The lowest BCUT2D eigenvalue weighted by molar-refractivity contribution is -0.153. The Morgan fingerprint density at radius 1 is 0.949 bits per heavy atom. The number of cyclic esters (lactones) is 1. The number of rotatable bonds is 12. The number of carbonyl (C=O) groups is 4. The average Bonchev–Trinajstić information content (AvgIpc) is 3.23. The molecule has 9 heteroatoms. The maximum Gasteiger partial charge on any atom is 0.331 e. The van der Waals surface area contributed by atoms with Crippen molar-refractivity contribution < 1.29 is 33.8 Å². The molecule has 0 spiro atoms. The number of aliphatic carboxylic acids is 1. The lowest BCUT2D eigenvalue weighted by atomic mass is 9.97. The summed E-state index contributed by atoms with van der Waals surface area (Å²) >= 11 is 0. The van der Waals surface area contributed by atoms with Crippen molar-refractivity contribution in [2.24, 2.45) is 5.92 Å². The van der Waals surface area contributed by atoms with E-state index < -0.39 is 47.9 Å². The second-order valence-corrected chi connectivity index (χ2v) is 9.47. The van der Waals surface area contributed by atoms with Crippen LogP contribution in [0.2, 0.25) is 0 Å². The number of hydrogen-bond donors (Lipinski definition) is 3. The van der Waals surface area contributed by atoms with Crippen LogP contribution in [0.25, 0.3) is 0 Å². The lowest BCUT2D eigenvalue weighted by Gasteiger charge is -2.26. The van der Waals surface area contributed by atoms with E-state index in [1.165, 1.54) is 0 Å². The fourth-order valence-corrected chi connectivity index (χ4v) is 4.43. The summed E-state index contributed by atoms with van der Waals surface area (Å²) in [6.45, 7) is 1.60. The smallest absolute Gasteiger partial charge is 0.331 e. The number of nitrogens with one attached hydrogen (secondary N) is 2. The molecule has 2 aromatic carbocycles. The monoisotopic (exact) mass is 530 g/mol. The van der Waals surface area contributed by atoms with Gasteiger partial charge in [-0.05, 0) is 30.9 Å². The molecule has 1 aliphatic carbocycles. The number of ether oxygens (including phenoxy) is 2. The Bertz CT molecular complexity index is 1300. The van der Waals surface area contributed by atoms with Crippen LogP contribution < -0.4 is 10.6 Å². The Hall–Kier alpha value is -4.50. The number of allylic oxidation sites excluding steroid dienone is 3. The molecule has 39 heavy (non-hydrogen) atoms. The molecule has 1 heterocycles. The Morgan fingerprint density at radius 3 is 2.18 bits per heavy atom. The van der Waals surface area contributed by atoms with Crippen LogP contribution in [-0.2, 0) is 41.5 Å². The Labute approximate surface area is 226 Å². The molecule has 0 fully saturated rings. The molecule has 0 saturated carbocycles. The van der Waals surface area contributed by atoms with Gasteiger partial charge in [0.25, 0.3) is 5.95 Å². The van der Waals surface area contributed by atoms with Gasteiger partial charge in [-0.2, -0.15) is 0 Å². The number of carbonyl (C=O) groups excluding carboxylic acids is 3. The second-order valence-electron chi connectivity index (χ2n) is 9.47. The number of carboxylic acid groups (broad SMARTS) is 1. The van der Waals surface area contributed by atoms with Gasteiger partial charge in [-0.3, -0.25) is 19.7 Å². The van der Waals surface area contributed by atoms with Crippen LogP contribution in [0.3, 0.4) is 0 Å². The summed E-state index contributed by atoms with van der Waals surface area (Å²) in [5.41, 5.74) is 2.12. The van der Waals surface area contributed by atoms with Gasteiger partial charge in [0.1, 0.15) is 12.0 Å². The van der Waals surface area contributed by atoms with E-state index in [-0.39, 0.29) is 25.2 Å². The molecule has 0 bridgehead atoms. The SMILES string of the molecule is C[C@H](CC(=O)O)NC(=O)[C@H](Cc1ccccc1)NC(Cc1ccccc1)C(=O)OC1=C2C=CC=CC2C(=O)O1. The minimum absolute atomic E-state index is 0.172. The van der Waals surface area contributed by atoms with Crippen molar-refractivity contribution >= 4 is 23.8 Å². The minimum atomic E-state index is -1.04. The summed E-state index contributed by atoms with van der Waals surface area (Å²) in [6.07, 6.45) is 6.95. The van der Waals surface area contributed by atoms with Crippen molar-refractivity contribution in [3.8, 4) is 0 Å². The number of carboxylic acids is 1. The van der Waals surface area contributed by atoms with Crippen LogP contribution >= 0.6 is 0 Å². The van der Waals surface area contributed by atoms with E-state index in [1.54, 1.807) is 31.2 Å². The molecule has 202 valence electrons. The zero-order valence-corrected chi connectivity index (χ0v) is 21.4. The molecular formula is C30H30N2O7. The van der Waals surface area contributed by atoms with Crippen molar-refractivity contribution in [3.05, 3.63) is 108 Å². The number of benzene rings is 2. The highest BCUT2D eigenvalue weighted by Crippen LogP contribution is 2.32. The van der Waals surface area contributed by atoms with Crippen molar-refractivity contribution in [3.63, 3.8) is 0 Å². The fraction of sp³-hybridized carbons (Fsp3) is 0.267. The lowest BCUT2D eigenvalue weighted by Crippen LogP contribution is -2.54. The maximum absolute atomic E-state index is 13.5. The third kappa shape index (κ3) is 7.52. The Morgan fingerprint density at radius 2 is 1.56 bits per heavy atom. The van der Waals surface area contributed by atoms with Crippen LogP contribution in [0.5, 0.6) is 0 Å². The number of esters is 2. The number of fused-ring (bicyclic) bond motifs is 1. The van der Waals surface area contributed by atoms with Gasteiger partial charge >= 0.3 is 17.9 Å². The first kappa shape index (κ1) is 27.5. The molecule has 4 atom stereocenters. The summed E-state index contributed by atoms with van der Waals surface area (Å²) in [7, 11) is 0. The molecule has 1 aliphatic heterocycles. The summed E-state index contributed by atoms with van der Waals surface area (Å²) in [5.74, 6) is -3.54. The normalized spacial score (nSPS) is 18.1. The highest BCUT2D eigenvalue weighted by molar-refractivity contribution is 5.86. The van der Waals surface area contributed by atoms with Crippen molar-refractivity contribution in [1.82, 2.24) is 10.6 Å². The largest absolute Gasteiger partial charge is 0.481 e. The van der Waals surface area contributed by atoms with E-state index >= 15 is 0 Å². The number of hydrogen-bond acceptors (Lipinski definition) is 7. The average molecular weight is 531 g/mol. The van der Waals surface area contributed by atoms with Gasteiger partial charge in [0.2, 0.25) is 5.91 Å². The number of amides is 1. The van der Waals surface area contributed by atoms with Gasteiger partial charge in [-0.15, -0.1) is 0 Å². The topological polar surface area (TPSA) is 131 Å². The first-order valence-electron chi connectivity index (χ1n) is 12.7. The summed E-state index contributed by atoms with van der Waals surface area (Å²) in [5, 5.41) is 15.0. The molecule has 2 aromatic rings. The summed E-state index contributed by atoms with van der Waals surface area (Å²) < 4.78 is 10.8. The van der Waals surface area contributed by atoms with E-state index in [4.69, 9.17) is 14.6 Å². The quantitative estimate of drug-likeness (QED) is 0.357.